The van der Waals surface area contributed by atoms with Crippen LogP contribution >= 0.6 is 0 Å². The van der Waals surface area contributed by atoms with Crippen molar-refractivity contribution >= 4 is 5.91 Å². The zero-order valence-corrected chi connectivity index (χ0v) is 12.3. The fourth-order valence-electron chi connectivity index (χ4n) is 3.18. The Balaban J connectivity index is 1.70. The van der Waals surface area contributed by atoms with Gasteiger partial charge in [0.05, 0.1) is 12.6 Å². The summed E-state index contributed by atoms with van der Waals surface area (Å²) >= 11 is 0. The average molecular weight is 305 g/mol. The lowest BCUT2D eigenvalue weighted by atomic mass is 10.0. The number of nitrogens with zero attached hydrogens (tertiary/aromatic N) is 1. The molecule has 2 aliphatic rings. The third-order valence-corrected chi connectivity index (χ3v) is 4.16. The predicted octanol–water partition coefficient (Wildman–Crippen LogP) is 0.601. The molecule has 5 nitrogen and oxygen atoms in total. The van der Waals surface area contributed by atoms with E-state index in [-0.39, 0.29) is 18.6 Å². The second kappa shape index (κ2) is 8.60. The monoisotopic (exact) mass is 305 g/mol. The highest BCUT2D eigenvalue weighted by Crippen LogP contribution is 2.24. The van der Waals surface area contributed by atoms with E-state index in [2.05, 4.69) is 15.5 Å². The Bertz CT molecular complexity index is 325. The molecular formula is C14H25F2N3O2. The summed E-state index contributed by atoms with van der Waals surface area (Å²) < 4.78 is 28.6. The molecule has 0 saturated carbocycles. The van der Waals surface area contributed by atoms with Gasteiger partial charge in [0.1, 0.15) is 6.61 Å². The second-order valence-electron chi connectivity index (χ2n) is 5.63. The highest BCUT2D eigenvalue weighted by atomic mass is 19.3. The molecule has 0 aromatic heterocycles. The van der Waals surface area contributed by atoms with E-state index in [9.17, 15) is 13.6 Å². The highest BCUT2D eigenvalue weighted by molar-refractivity contribution is 5.82. The number of carbonyl (C=O) groups excluding carboxylic acids is 1. The lowest BCUT2D eigenvalue weighted by Gasteiger charge is -2.35. The van der Waals surface area contributed by atoms with Crippen LogP contribution in [-0.4, -0.2) is 68.7 Å². The third-order valence-electron chi connectivity index (χ3n) is 4.16. The summed E-state index contributed by atoms with van der Waals surface area (Å²) in [6, 6.07) is 0.419. The minimum Gasteiger partial charge on any atom is -0.374 e. The lowest BCUT2D eigenvalue weighted by Crippen LogP contribution is -2.51. The SMILES string of the molecule is O=C(NCCOCC(F)F)C1CCCN1C1CCNCC1. The van der Waals surface area contributed by atoms with E-state index in [1.54, 1.807) is 0 Å². The minimum atomic E-state index is -2.45. The van der Waals surface area contributed by atoms with Crippen LogP contribution in [0.1, 0.15) is 25.7 Å². The van der Waals surface area contributed by atoms with Crippen molar-refractivity contribution in [1.29, 1.82) is 0 Å². The maximum atomic E-state index is 12.2. The summed E-state index contributed by atoms with van der Waals surface area (Å²) in [6.45, 7) is 2.86. The fourth-order valence-corrected chi connectivity index (χ4v) is 3.18. The van der Waals surface area contributed by atoms with Gasteiger partial charge in [0.2, 0.25) is 5.91 Å². The van der Waals surface area contributed by atoms with Crippen LogP contribution in [0.2, 0.25) is 0 Å². The number of carbonyl (C=O) groups is 1. The number of hydrogen-bond donors (Lipinski definition) is 2. The van der Waals surface area contributed by atoms with Gasteiger partial charge < -0.3 is 15.4 Å². The average Bonchev–Trinajstić information content (AvgIpc) is 2.97. The molecule has 21 heavy (non-hydrogen) atoms. The number of nitrogens with one attached hydrogen (secondary N) is 2. The molecule has 2 saturated heterocycles. The van der Waals surface area contributed by atoms with Crippen LogP contribution < -0.4 is 10.6 Å². The van der Waals surface area contributed by atoms with E-state index in [0.717, 1.165) is 45.3 Å². The number of likely N-dealkylation sites (tertiary alicyclic amines) is 1. The first-order chi connectivity index (χ1) is 10.2. The molecule has 0 bridgehead atoms. The van der Waals surface area contributed by atoms with E-state index >= 15 is 0 Å². The van der Waals surface area contributed by atoms with Gasteiger partial charge in [-0.3, -0.25) is 9.69 Å². The molecular weight excluding hydrogens is 280 g/mol. The standard InChI is InChI=1S/C14H25F2N3O2/c15-13(16)10-21-9-7-18-14(20)12-2-1-8-19(12)11-3-5-17-6-4-11/h11-13,17H,1-10H2,(H,18,20). The molecule has 2 aliphatic heterocycles. The Kier molecular flexibility index (Phi) is 6.79. The molecule has 1 unspecified atom stereocenters. The van der Waals surface area contributed by atoms with Crippen LogP contribution in [0.3, 0.4) is 0 Å². The molecule has 1 atom stereocenters. The summed E-state index contributed by atoms with van der Waals surface area (Å²) in [5, 5.41) is 6.14. The predicted molar refractivity (Wildman–Crippen MR) is 75.5 cm³/mol. The van der Waals surface area contributed by atoms with Gasteiger partial charge in [-0.25, -0.2) is 8.78 Å². The second-order valence-corrected chi connectivity index (χ2v) is 5.63. The number of amides is 1. The van der Waals surface area contributed by atoms with E-state index < -0.39 is 13.0 Å². The lowest BCUT2D eigenvalue weighted by molar-refractivity contribution is -0.126. The third kappa shape index (κ3) is 5.16. The minimum absolute atomic E-state index is 0.00618. The Morgan fingerprint density at radius 1 is 1.33 bits per heavy atom. The summed E-state index contributed by atoms with van der Waals surface area (Å²) in [5.74, 6) is 0.00618. The summed E-state index contributed by atoms with van der Waals surface area (Å²) in [4.78, 5) is 14.5. The molecule has 0 aromatic carbocycles. The quantitative estimate of drug-likeness (QED) is 0.677. The molecule has 2 rings (SSSR count). The van der Waals surface area contributed by atoms with Crippen molar-refractivity contribution in [2.24, 2.45) is 0 Å². The van der Waals surface area contributed by atoms with Crippen molar-refractivity contribution < 1.29 is 18.3 Å². The molecule has 0 spiro atoms. The number of ether oxygens (including phenoxy) is 1. The van der Waals surface area contributed by atoms with Crippen molar-refractivity contribution in [3.05, 3.63) is 0 Å². The van der Waals surface area contributed by atoms with Crippen LogP contribution in [0.15, 0.2) is 0 Å². The first-order valence-electron chi connectivity index (χ1n) is 7.78. The largest absolute Gasteiger partial charge is 0.374 e. The maximum Gasteiger partial charge on any atom is 0.261 e. The Labute approximate surface area is 124 Å². The summed E-state index contributed by atoms with van der Waals surface area (Å²) in [6.07, 6.45) is 1.64. The smallest absolute Gasteiger partial charge is 0.261 e. The van der Waals surface area contributed by atoms with Crippen molar-refractivity contribution in [1.82, 2.24) is 15.5 Å². The topological polar surface area (TPSA) is 53.6 Å². The molecule has 0 radical (unpaired) electrons. The maximum absolute atomic E-state index is 12.2. The number of piperidine rings is 1. The van der Waals surface area contributed by atoms with Crippen molar-refractivity contribution in [3.8, 4) is 0 Å². The Hall–Kier alpha value is -0.790. The van der Waals surface area contributed by atoms with Crippen molar-refractivity contribution in [2.75, 3.05) is 39.4 Å². The van der Waals surface area contributed by atoms with Crippen molar-refractivity contribution in [3.63, 3.8) is 0 Å². The fraction of sp³-hybridized carbons (Fsp3) is 0.929. The molecule has 2 fully saturated rings. The van der Waals surface area contributed by atoms with E-state index in [1.807, 2.05) is 0 Å². The van der Waals surface area contributed by atoms with Crippen LogP contribution in [0.5, 0.6) is 0 Å². The number of hydrogen-bond acceptors (Lipinski definition) is 4. The summed E-state index contributed by atoms with van der Waals surface area (Å²) in [7, 11) is 0. The highest BCUT2D eigenvalue weighted by Gasteiger charge is 2.35. The molecule has 1 amide bonds. The molecule has 2 N–H and O–H groups in total. The van der Waals surface area contributed by atoms with Crippen LogP contribution in [0.25, 0.3) is 0 Å². The molecule has 122 valence electrons. The van der Waals surface area contributed by atoms with E-state index in [0.29, 0.717) is 12.6 Å². The number of rotatable bonds is 7. The van der Waals surface area contributed by atoms with Crippen LogP contribution in [-0.2, 0) is 9.53 Å². The Morgan fingerprint density at radius 2 is 2.10 bits per heavy atom. The Morgan fingerprint density at radius 3 is 2.81 bits per heavy atom. The first-order valence-corrected chi connectivity index (χ1v) is 7.78. The van der Waals surface area contributed by atoms with Gasteiger partial charge in [0.25, 0.3) is 6.43 Å². The van der Waals surface area contributed by atoms with Gasteiger partial charge in [0, 0.05) is 12.6 Å². The van der Waals surface area contributed by atoms with Crippen LogP contribution in [0.4, 0.5) is 8.78 Å². The molecule has 0 aliphatic carbocycles. The van der Waals surface area contributed by atoms with Gasteiger partial charge in [-0.1, -0.05) is 0 Å². The van der Waals surface area contributed by atoms with Gasteiger partial charge in [0.15, 0.2) is 0 Å². The van der Waals surface area contributed by atoms with Crippen LogP contribution in [0, 0.1) is 0 Å². The summed E-state index contributed by atoms with van der Waals surface area (Å²) in [5.41, 5.74) is 0. The van der Waals surface area contributed by atoms with E-state index in [4.69, 9.17) is 4.74 Å². The molecule has 0 aromatic rings. The van der Waals surface area contributed by atoms with Gasteiger partial charge >= 0.3 is 0 Å². The van der Waals surface area contributed by atoms with Gasteiger partial charge in [-0.15, -0.1) is 0 Å². The number of halogens is 2. The van der Waals surface area contributed by atoms with Gasteiger partial charge in [-0.05, 0) is 45.3 Å². The molecule has 7 heteroatoms. The van der Waals surface area contributed by atoms with E-state index in [1.165, 1.54) is 0 Å². The number of alkyl halides is 2. The zero-order valence-electron chi connectivity index (χ0n) is 12.3. The van der Waals surface area contributed by atoms with Crippen molar-refractivity contribution in [2.45, 2.75) is 44.2 Å². The molecule has 2 heterocycles. The van der Waals surface area contributed by atoms with Gasteiger partial charge in [-0.2, -0.15) is 0 Å². The normalized spacial score (nSPS) is 24.6. The zero-order chi connectivity index (χ0) is 15.1. The first kappa shape index (κ1) is 16.6.